The third kappa shape index (κ3) is 5.03. The number of nitrogens with one attached hydrogen (secondary N) is 1. The summed E-state index contributed by atoms with van der Waals surface area (Å²) in [6.45, 7) is 5.89. The lowest BCUT2D eigenvalue weighted by atomic mass is 10.1. The molecule has 5 heterocycles. The van der Waals surface area contributed by atoms with Gasteiger partial charge in [-0.1, -0.05) is 5.16 Å². The van der Waals surface area contributed by atoms with Crippen molar-refractivity contribution in [3.63, 3.8) is 0 Å². The van der Waals surface area contributed by atoms with Crippen LogP contribution in [0.2, 0.25) is 0 Å². The minimum Gasteiger partial charge on any atom is -0.475 e. The van der Waals surface area contributed by atoms with Gasteiger partial charge in [-0.15, -0.1) is 0 Å². The highest BCUT2D eigenvalue weighted by Crippen LogP contribution is 2.28. The summed E-state index contributed by atoms with van der Waals surface area (Å²) in [7, 11) is 1.48. The lowest BCUT2D eigenvalue weighted by Crippen LogP contribution is -2.61. The van der Waals surface area contributed by atoms with Crippen molar-refractivity contribution < 1.29 is 28.4 Å². The molecule has 0 spiro atoms. The molecule has 3 aliphatic heterocycles. The monoisotopic (exact) mass is 512 g/mol. The number of hydrogen-bond donors (Lipinski definition) is 1. The maximum atomic E-state index is 14.0. The van der Waals surface area contributed by atoms with Gasteiger partial charge >= 0.3 is 0 Å². The van der Waals surface area contributed by atoms with Gasteiger partial charge in [0.05, 0.1) is 17.8 Å². The highest BCUT2D eigenvalue weighted by atomic mass is 16.5. The molecule has 0 radical (unpaired) electrons. The van der Waals surface area contributed by atoms with E-state index in [4.69, 9.17) is 14.0 Å². The fourth-order valence-corrected chi connectivity index (χ4v) is 5.41. The van der Waals surface area contributed by atoms with E-state index in [0.29, 0.717) is 50.5 Å². The average Bonchev–Trinajstić information content (AvgIpc) is 3.44. The predicted octanol–water partition coefficient (Wildman–Crippen LogP) is 0.138. The zero-order chi connectivity index (χ0) is 26.1. The second-order valence-electron chi connectivity index (χ2n) is 9.78. The molecule has 2 aromatic heterocycles. The number of rotatable bonds is 4. The van der Waals surface area contributed by atoms with E-state index < -0.39 is 12.1 Å². The molecule has 2 saturated heterocycles. The molecule has 1 N–H and O–H groups in total. The molecule has 3 amide bonds. The van der Waals surface area contributed by atoms with Crippen molar-refractivity contribution in [2.75, 3.05) is 46.5 Å². The molecular formula is C25H32N6O6. The number of fused-ring (bicyclic) bond motifs is 4. The largest absolute Gasteiger partial charge is 0.475 e. The van der Waals surface area contributed by atoms with E-state index in [9.17, 15) is 14.4 Å². The van der Waals surface area contributed by atoms with Gasteiger partial charge in [-0.05, 0) is 32.4 Å². The minimum atomic E-state index is -0.449. The summed E-state index contributed by atoms with van der Waals surface area (Å²) < 4.78 is 16.4. The van der Waals surface area contributed by atoms with Crippen molar-refractivity contribution in [1.82, 2.24) is 30.2 Å². The Bertz CT molecular complexity index is 1160. The van der Waals surface area contributed by atoms with Crippen LogP contribution in [-0.4, -0.2) is 107 Å². The quantitative estimate of drug-likeness (QED) is 0.608. The fourth-order valence-electron chi connectivity index (χ4n) is 5.41. The normalized spacial score (nSPS) is 24.5. The first-order valence-corrected chi connectivity index (χ1v) is 12.5. The molecule has 2 aromatic rings. The van der Waals surface area contributed by atoms with Crippen LogP contribution in [0.15, 0.2) is 22.9 Å². The van der Waals surface area contributed by atoms with Crippen LogP contribution in [0.3, 0.4) is 0 Å². The summed E-state index contributed by atoms with van der Waals surface area (Å²) in [6.07, 6.45) is 2.03. The number of methoxy groups -OCH3 is 1. The first-order chi connectivity index (χ1) is 17.9. The van der Waals surface area contributed by atoms with Crippen LogP contribution in [0.25, 0.3) is 0 Å². The Kier molecular flexibility index (Phi) is 7.11. The van der Waals surface area contributed by atoms with Crippen molar-refractivity contribution >= 4 is 17.7 Å². The first-order valence-electron chi connectivity index (χ1n) is 12.5. The first kappa shape index (κ1) is 25.2. The molecule has 12 nitrogen and oxygen atoms in total. The Morgan fingerprint density at radius 2 is 2.08 bits per heavy atom. The molecule has 0 unspecified atom stereocenters. The van der Waals surface area contributed by atoms with Crippen molar-refractivity contribution in [3.05, 3.63) is 40.9 Å². The number of amides is 3. The van der Waals surface area contributed by atoms with Crippen LogP contribution in [-0.2, 0) is 20.9 Å². The summed E-state index contributed by atoms with van der Waals surface area (Å²) in [5, 5.41) is 7.13. The number of aryl methyl sites for hydroxylation is 2. The van der Waals surface area contributed by atoms with Gasteiger partial charge in [-0.3, -0.25) is 19.3 Å². The third-order valence-electron chi connectivity index (χ3n) is 7.38. The topological polar surface area (TPSA) is 130 Å². The van der Waals surface area contributed by atoms with E-state index in [1.807, 2.05) is 18.7 Å². The molecule has 2 bridgehead atoms. The highest BCUT2D eigenvalue weighted by Gasteiger charge is 2.44. The van der Waals surface area contributed by atoms with Gasteiger partial charge < -0.3 is 29.1 Å². The van der Waals surface area contributed by atoms with Crippen LogP contribution < -0.4 is 10.1 Å². The van der Waals surface area contributed by atoms with E-state index in [1.165, 1.54) is 7.11 Å². The van der Waals surface area contributed by atoms with Gasteiger partial charge in [0.1, 0.15) is 24.5 Å². The van der Waals surface area contributed by atoms with Crippen molar-refractivity contribution in [3.8, 4) is 5.88 Å². The van der Waals surface area contributed by atoms with Gasteiger partial charge in [0.15, 0.2) is 0 Å². The second kappa shape index (κ2) is 10.5. The molecular weight excluding hydrogens is 480 g/mol. The van der Waals surface area contributed by atoms with Crippen LogP contribution in [0.1, 0.15) is 33.8 Å². The Morgan fingerprint density at radius 1 is 1.24 bits per heavy atom. The zero-order valence-electron chi connectivity index (χ0n) is 21.3. The maximum absolute atomic E-state index is 14.0. The zero-order valence-corrected chi connectivity index (χ0v) is 21.3. The molecule has 37 heavy (non-hydrogen) atoms. The van der Waals surface area contributed by atoms with Gasteiger partial charge in [0, 0.05) is 57.6 Å². The molecule has 0 aliphatic carbocycles. The number of piperazine rings is 1. The number of aromatic nitrogens is 2. The predicted molar refractivity (Wildman–Crippen MR) is 130 cm³/mol. The lowest BCUT2D eigenvalue weighted by molar-refractivity contribution is -0.148. The number of carbonyl (C=O) groups excluding carboxylic acids is 3. The van der Waals surface area contributed by atoms with Crippen molar-refractivity contribution in [2.24, 2.45) is 0 Å². The number of likely N-dealkylation sites (tertiary alicyclic amines) is 1. The smallest absolute Gasteiger partial charge is 0.257 e. The van der Waals surface area contributed by atoms with Crippen molar-refractivity contribution in [1.29, 1.82) is 0 Å². The van der Waals surface area contributed by atoms with Crippen molar-refractivity contribution in [2.45, 2.75) is 44.9 Å². The van der Waals surface area contributed by atoms with Crippen LogP contribution >= 0.6 is 0 Å². The Balaban J connectivity index is 1.47. The third-order valence-corrected chi connectivity index (χ3v) is 7.38. The number of carbonyl (C=O) groups is 3. The van der Waals surface area contributed by atoms with Gasteiger partial charge in [-0.25, -0.2) is 4.98 Å². The average molecular weight is 513 g/mol. The summed E-state index contributed by atoms with van der Waals surface area (Å²) in [5.74, 6) is 0.440. The molecule has 5 rings (SSSR count). The summed E-state index contributed by atoms with van der Waals surface area (Å²) >= 11 is 0. The van der Waals surface area contributed by atoms with Crippen LogP contribution in [0.4, 0.5) is 0 Å². The van der Waals surface area contributed by atoms with E-state index in [-0.39, 0.29) is 42.9 Å². The number of pyridine rings is 1. The van der Waals surface area contributed by atoms with E-state index >= 15 is 0 Å². The van der Waals surface area contributed by atoms with Gasteiger partial charge in [0.2, 0.25) is 17.7 Å². The number of nitrogens with zero attached hydrogens (tertiary/aromatic N) is 5. The summed E-state index contributed by atoms with van der Waals surface area (Å²) in [5.41, 5.74) is 2.06. The molecule has 198 valence electrons. The molecule has 3 atom stereocenters. The minimum absolute atomic E-state index is 0.0262. The standard InChI is InChI=1S/C25H32N6O6/c1-15-20(16(2)37-28-15)12-30-10-17-9-21(30)25(34)31-8-7-29(22(32)14-35-3)11-18(31)13-36-24-19(23(33)27-17)5-4-6-26-24/h4-6,17-18,21H,7-14H2,1-3H3,(H,27,33)/t17-,18+,21+/m1/s1. The lowest BCUT2D eigenvalue weighted by Gasteiger charge is -2.43. The molecule has 12 heteroatoms. The van der Waals surface area contributed by atoms with E-state index in [0.717, 1.165) is 11.3 Å². The maximum Gasteiger partial charge on any atom is 0.257 e. The molecule has 0 aromatic carbocycles. The van der Waals surface area contributed by atoms with Crippen LogP contribution in [0, 0.1) is 13.8 Å². The number of ether oxygens (including phenoxy) is 2. The van der Waals surface area contributed by atoms with Gasteiger partial charge in [0.25, 0.3) is 5.91 Å². The van der Waals surface area contributed by atoms with E-state index in [1.54, 1.807) is 23.2 Å². The molecule has 3 aliphatic rings. The van der Waals surface area contributed by atoms with Crippen LogP contribution in [0.5, 0.6) is 5.88 Å². The SMILES string of the molecule is COCC(=O)N1CCN2C(=O)[C@@H]3C[C@H](CN3Cc3c(C)noc3C)NC(=O)c3cccnc3OC[C@@H]2C1. The Hall–Kier alpha value is -3.51. The number of hydrogen-bond acceptors (Lipinski definition) is 9. The van der Waals surface area contributed by atoms with Gasteiger partial charge in [-0.2, -0.15) is 0 Å². The summed E-state index contributed by atoms with van der Waals surface area (Å²) in [4.78, 5) is 49.6. The second-order valence-corrected chi connectivity index (χ2v) is 9.78. The highest BCUT2D eigenvalue weighted by molar-refractivity contribution is 5.96. The fraction of sp³-hybridized carbons (Fsp3) is 0.560. The molecule has 2 fully saturated rings. The van der Waals surface area contributed by atoms with E-state index in [2.05, 4.69) is 20.4 Å². The Labute approximate surface area is 214 Å². The Morgan fingerprint density at radius 3 is 2.84 bits per heavy atom. The summed E-state index contributed by atoms with van der Waals surface area (Å²) in [6, 6.07) is 2.28. The molecule has 0 saturated carbocycles.